The Morgan fingerprint density at radius 1 is 1.40 bits per heavy atom. The third-order valence-electron chi connectivity index (χ3n) is 2.13. The first-order valence-corrected chi connectivity index (χ1v) is 4.24. The summed E-state index contributed by atoms with van der Waals surface area (Å²) in [7, 11) is 0. The van der Waals surface area contributed by atoms with Crippen LogP contribution in [0.3, 0.4) is 0 Å². The molecule has 3 N–H and O–H groups in total. The van der Waals surface area contributed by atoms with Crippen LogP contribution in [0, 0.1) is 0 Å². The number of hydrogen-bond acceptors (Lipinski definition) is 3. The highest BCUT2D eigenvalue weighted by atomic mass is 16.4. The number of nitrogens with zero attached hydrogens (tertiary/aromatic N) is 1. The summed E-state index contributed by atoms with van der Waals surface area (Å²) in [6.07, 6.45) is 1.49. The van der Waals surface area contributed by atoms with Crippen LogP contribution in [-0.4, -0.2) is 15.5 Å². The number of fused-ring (bicyclic) bond motifs is 1. The van der Waals surface area contributed by atoms with Crippen LogP contribution in [-0.2, 0) is 0 Å². The van der Waals surface area contributed by atoms with Crippen molar-refractivity contribution in [2.75, 3.05) is 5.73 Å². The lowest BCUT2D eigenvalue weighted by Crippen LogP contribution is -2.19. The number of nitrogen functional groups attached to an aromatic ring is 1. The summed E-state index contributed by atoms with van der Waals surface area (Å²) in [4.78, 5) is 22.5. The van der Waals surface area contributed by atoms with Gasteiger partial charge in [0.15, 0.2) is 0 Å². The number of nitrogens with two attached hydrogens (primary N) is 1. The molecule has 0 unspecified atom stereocenters. The van der Waals surface area contributed by atoms with Crippen LogP contribution in [0.25, 0.3) is 5.52 Å². The third kappa shape index (κ3) is 1.34. The zero-order valence-corrected chi connectivity index (χ0v) is 7.68. The quantitative estimate of drug-likeness (QED) is 0.711. The molecule has 2 aromatic heterocycles. The van der Waals surface area contributed by atoms with Gasteiger partial charge in [0.25, 0.3) is 5.56 Å². The molecule has 76 valence electrons. The molecule has 15 heavy (non-hydrogen) atoms. The van der Waals surface area contributed by atoms with Gasteiger partial charge in [0.1, 0.15) is 0 Å². The number of anilines is 1. The molecule has 5 nitrogen and oxygen atoms in total. The van der Waals surface area contributed by atoms with Crippen molar-refractivity contribution in [3.63, 3.8) is 0 Å². The van der Waals surface area contributed by atoms with Crippen molar-refractivity contribution >= 4 is 17.2 Å². The lowest BCUT2D eigenvalue weighted by molar-refractivity contribution is 0.0698. The zero-order valence-electron chi connectivity index (χ0n) is 7.68. The minimum absolute atomic E-state index is 0.0210. The van der Waals surface area contributed by atoms with Crippen LogP contribution in [0.1, 0.15) is 10.4 Å². The summed E-state index contributed by atoms with van der Waals surface area (Å²) in [5.74, 6) is -1.11. The number of carboxylic acid groups (broad SMARTS) is 1. The van der Waals surface area contributed by atoms with E-state index >= 15 is 0 Å². The second kappa shape index (κ2) is 3.13. The van der Waals surface area contributed by atoms with E-state index in [2.05, 4.69) is 0 Å². The van der Waals surface area contributed by atoms with Gasteiger partial charge in [-0.25, -0.2) is 4.79 Å². The van der Waals surface area contributed by atoms with Crippen molar-refractivity contribution in [3.8, 4) is 0 Å². The highest BCUT2D eigenvalue weighted by molar-refractivity contribution is 5.96. The molecule has 5 heteroatoms. The van der Waals surface area contributed by atoms with Crippen LogP contribution in [0.5, 0.6) is 0 Å². The summed E-state index contributed by atoms with van der Waals surface area (Å²) < 4.78 is 1.22. The first-order chi connectivity index (χ1) is 7.11. The fourth-order valence-electron chi connectivity index (χ4n) is 1.44. The molecule has 2 aromatic rings. The molecule has 0 aliphatic heterocycles. The molecule has 0 saturated heterocycles. The van der Waals surface area contributed by atoms with Gasteiger partial charge in [-0.1, -0.05) is 6.07 Å². The van der Waals surface area contributed by atoms with Crippen molar-refractivity contribution < 1.29 is 9.90 Å². The Bertz CT molecular complexity index is 601. The molecule has 0 radical (unpaired) electrons. The van der Waals surface area contributed by atoms with Crippen molar-refractivity contribution in [2.24, 2.45) is 0 Å². The summed E-state index contributed by atoms with van der Waals surface area (Å²) >= 11 is 0. The molecule has 2 rings (SSSR count). The zero-order chi connectivity index (χ0) is 11.0. The van der Waals surface area contributed by atoms with E-state index in [0.717, 1.165) is 0 Å². The van der Waals surface area contributed by atoms with E-state index in [0.29, 0.717) is 5.52 Å². The van der Waals surface area contributed by atoms with Gasteiger partial charge in [0.2, 0.25) is 0 Å². The van der Waals surface area contributed by atoms with E-state index in [1.165, 1.54) is 16.7 Å². The minimum Gasteiger partial charge on any atom is -0.478 e. The first-order valence-electron chi connectivity index (χ1n) is 4.24. The standard InChI is InChI=1S/C10H8N2O3/c11-7-5-6(10(14)15)8-3-1-2-4-12(8)9(7)13/h1-5H,11H2,(H,14,15). The predicted molar refractivity (Wildman–Crippen MR) is 55.0 cm³/mol. The summed E-state index contributed by atoms with van der Waals surface area (Å²) in [5.41, 5.74) is 5.31. The number of rotatable bonds is 1. The average molecular weight is 204 g/mol. The maximum atomic E-state index is 11.5. The van der Waals surface area contributed by atoms with Crippen LogP contribution in [0.15, 0.2) is 35.3 Å². The summed E-state index contributed by atoms with van der Waals surface area (Å²) in [6, 6.07) is 6.04. The summed E-state index contributed by atoms with van der Waals surface area (Å²) in [6.45, 7) is 0. The van der Waals surface area contributed by atoms with Gasteiger partial charge >= 0.3 is 5.97 Å². The molecule has 0 fully saturated rings. The fraction of sp³-hybridized carbons (Fsp3) is 0. The predicted octanol–water partition coefficient (Wildman–Crippen LogP) is 0.580. The van der Waals surface area contributed by atoms with Crippen LogP contribution in [0.2, 0.25) is 0 Å². The molecular weight excluding hydrogens is 196 g/mol. The van der Waals surface area contributed by atoms with Crippen molar-refractivity contribution in [1.82, 2.24) is 4.40 Å². The van der Waals surface area contributed by atoms with Gasteiger partial charge in [-0.05, 0) is 18.2 Å². The minimum atomic E-state index is -1.11. The number of aromatic carboxylic acids is 1. The van der Waals surface area contributed by atoms with Crippen molar-refractivity contribution in [2.45, 2.75) is 0 Å². The molecule has 0 aliphatic carbocycles. The first kappa shape index (κ1) is 9.26. The highest BCUT2D eigenvalue weighted by Gasteiger charge is 2.11. The molecule has 0 bridgehead atoms. The molecule has 0 saturated carbocycles. The van der Waals surface area contributed by atoms with E-state index in [-0.39, 0.29) is 11.3 Å². The topological polar surface area (TPSA) is 84.8 Å². The molecular formula is C10H8N2O3. The van der Waals surface area contributed by atoms with Gasteiger partial charge in [0, 0.05) is 6.20 Å². The number of carboxylic acids is 1. The molecule has 0 aromatic carbocycles. The molecule has 0 amide bonds. The second-order valence-electron chi connectivity index (χ2n) is 3.08. The fourth-order valence-corrected chi connectivity index (χ4v) is 1.44. The molecule has 0 spiro atoms. The Hall–Kier alpha value is -2.30. The Balaban J connectivity index is 3.01. The summed E-state index contributed by atoms with van der Waals surface area (Å²) in [5, 5.41) is 8.93. The number of aromatic nitrogens is 1. The largest absolute Gasteiger partial charge is 0.478 e. The van der Waals surface area contributed by atoms with Crippen LogP contribution < -0.4 is 11.3 Å². The van der Waals surface area contributed by atoms with Crippen LogP contribution in [0.4, 0.5) is 5.69 Å². The van der Waals surface area contributed by atoms with E-state index in [4.69, 9.17) is 10.8 Å². The number of hydrogen-bond donors (Lipinski definition) is 2. The monoisotopic (exact) mass is 204 g/mol. The third-order valence-corrected chi connectivity index (χ3v) is 2.13. The highest BCUT2D eigenvalue weighted by Crippen LogP contribution is 2.11. The lowest BCUT2D eigenvalue weighted by Gasteiger charge is -2.04. The maximum absolute atomic E-state index is 11.5. The average Bonchev–Trinajstić information content (AvgIpc) is 2.23. The van der Waals surface area contributed by atoms with Crippen molar-refractivity contribution in [1.29, 1.82) is 0 Å². The lowest BCUT2D eigenvalue weighted by atomic mass is 10.2. The SMILES string of the molecule is Nc1cc(C(=O)O)c2ccccn2c1=O. The smallest absolute Gasteiger partial charge is 0.337 e. The Labute approximate surface area is 84.4 Å². The van der Waals surface area contributed by atoms with E-state index < -0.39 is 11.5 Å². The normalized spacial score (nSPS) is 10.4. The molecule has 2 heterocycles. The number of carbonyl (C=O) groups is 1. The Kier molecular flexibility index (Phi) is 1.93. The molecule has 0 atom stereocenters. The van der Waals surface area contributed by atoms with Gasteiger partial charge in [0.05, 0.1) is 16.8 Å². The van der Waals surface area contributed by atoms with E-state index in [9.17, 15) is 9.59 Å². The Morgan fingerprint density at radius 2 is 2.13 bits per heavy atom. The van der Waals surface area contributed by atoms with Gasteiger partial charge in [-0.15, -0.1) is 0 Å². The van der Waals surface area contributed by atoms with Gasteiger partial charge in [-0.3, -0.25) is 9.20 Å². The molecule has 0 aliphatic rings. The van der Waals surface area contributed by atoms with E-state index in [1.807, 2.05) is 0 Å². The Morgan fingerprint density at radius 3 is 2.80 bits per heavy atom. The maximum Gasteiger partial charge on any atom is 0.337 e. The van der Waals surface area contributed by atoms with Gasteiger partial charge < -0.3 is 10.8 Å². The van der Waals surface area contributed by atoms with E-state index in [1.54, 1.807) is 18.2 Å². The van der Waals surface area contributed by atoms with Crippen molar-refractivity contribution in [3.05, 3.63) is 46.4 Å². The number of pyridine rings is 2. The van der Waals surface area contributed by atoms with Crippen LogP contribution >= 0.6 is 0 Å². The van der Waals surface area contributed by atoms with Gasteiger partial charge in [-0.2, -0.15) is 0 Å². The second-order valence-corrected chi connectivity index (χ2v) is 3.08.